The van der Waals surface area contributed by atoms with Gasteiger partial charge in [0, 0.05) is 28.7 Å². The van der Waals surface area contributed by atoms with E-state index in [2.05, 4.69) is 12.2 Å². The van der Waals surface area contributed by atoms with Gasteiger partial charge >= 0.3 is 0 Å². The van der Waals surface area contributed by atoms with E-state index in [1.54, 1.807) is 30.3 Å². The van der Waals surface area contributed by atoms with Crippen LogP contribution in [0.15, 0.2) is 48.5 Å². The number of carbonyl (C=O) groups is 2. The summed E-state index contributed by atoms with van der Waals surface area (Å²) in [6.45, 7) is 4.43. The van der Waals surface area contributed by atoms with E-state index in [-0.39, 0.29) is 25.0 Å². The lowest BCUT2D eigenvalue weighted by atomic mass is 10.1. The minimum absolute atomic E-state index is 0.120. The smallest absolute Gasteiger partial charge is 0.261 e. The lowest BCUT2D eigenvalue weighted by molar-refractivity contribution is -0.143. The lowest BCUT2D eigenvalue weighted by Crippen LogP contribution is -2.50. The number of halogens is 2. The van der Waals surface area contributed by atoms with Gasteiger partial charge in [-0.05, 0) is 37.1 Å². The van der Waals surface area contributed by atoms with Gasteiger partial charge in [0.25, 0.3) is 5.91 Å². The monoisotopic (exact) mass is 450 g/mol. The molecular weight excluding hydrogens is 423 g/mol. The van der Waals surface area contributed by atoms with Crippen molar-refractivity contribution in [1.29, 1.82) is 0 Å². The van der Waals surface area contributed by atoms with Crippen LogP contribution in [0.2, 0.25) is 10.0 Å². The number of hydrogen-bond acceptors (Lipinski definition) is 3. The Morgan fingerprint density at radius 2 is 1.70 bits per heavy atom. The van der Waals surface area contributed by atoms with E-state index in [0.717, 1.165) is 12.8 Å². The zero-order valence-electron chi connectivity index (χ0n) is 17.4. The molecule has 0 aliphatic rings. The molecule has 30 heavy (non-hydrogen) atoms. The average Bonchev–Trinajstić information content (AvgIpc) is 2.75. The van der Waals surface area contributed by atoms with Gasteiger partial charge in [0.1, 0.15) is 11.8 Å². The van der Waals surface area contributed by atoms with Crippen molar-refractivity contribution in [2.75, 3.05) is 13.2 Å². The molecule has 2 aromatic carbocycles. The van der Waals surface area contributed by atoms with Gasteiger partial charge in [-0.25, -0.2) is 0 Å². The van der Waals surface area contributed by atoms with Crippen molar-refractivity contribution < 1.29 is 14.3 Å². The van der Waals surface area contributed by atoms with Gasteiger partial charge in [-0.15, -0.1) is 0 Å². The molecule has 1 unspecified atom stereocenters. The second-order valence-corrected chi connectivity index (χ2v) is 7.71. The first-order chi connectivity index (χ1) is 14.5. The quantitative estimate of drug-likeness (QED) is 0.484. The van der Waals surface area contributed by atoms with Crippen LogP contribution in [0.1, 0.15) is 38.7 Å². The fraction of sp³-hybridized carbons (Fsp3) is 0.391. The number of amides is 2. The number of para-hydroxylation sites is 1. The molecule has 2 rings (SSSR count). The van der Waals surface area contributed by atoms with E-state index in [0.29, 0.717) is 34.3 Å². The summed E-state index contributed by atoms with van der Waals surface area (Å²) >= 11 is 12.7. The molecule has 162 valence electrons. The Hall–Kier alpha value is -2.24. The van der Waals surface area contributed by atoms with Gasteiger partial charge in [-0.2, -0.15) is 0 Å². The number of rotatable bonds is 11. The number of benzene rings is 2. The third-order valence-electron chi connectivity index (χ3n) is 4.71. The Labute approximate surface area is 188 Å². The largest absolute Gasteiger partial charge is 0.484 e. The summed E-state index contributed by atoms with van der Waals surface area (Å²) in [5, 5.41) is 3.82. The van der Waals surface area contributed by atoms with Crippen molar-refractivity contribution in [1.82, 2.24) is 10.2 Å². The molecule has 0 saturated heterocycles. The standard InChI is InChI=1S/C23H28Cl2N2O3/c1-3-5-14-26-23(29)21(4-2)27(15-18-19(24)12-9-13-20(18)25)22(28)16-30-17-10-7-6-8-11-17/h6-13,21H,3-5,14-16H2,1-2H3,(H,26,29). The Morgan fingerprint density at radius 3 is 2.30 bits per heavy atom. The lowest BCUT2D eigenvalue weighted by Gasteiger charge is -2.31. The third-order valence-corrected chi connectivity index (χ3v) is 5.42. The highest BCUT2D eigenvalue weighted by Crippen LogP contribution is 2.27. The summed E-state index contributed by atoms with van der Waals surface area (Å²) in [7, 11) is 0. The van der Waals surface area contributed by atoms with Gasteiger partial charge in [0.2, 0.25) is 5.91 Å². The first kappa shape index (κ1) is 24.0. The fourth-order valence-corrected chi connectivity index (χ4v) is 3.54. The number of nitrogens with zero attached hydrogens (tertiary/aromatic N) is 1. The molecule has 5 nitrogen and oxygen atoms in total. The van der Waals surface area contributed by atoms with Crippen molar-refractivity contribution in [2.24, 2.45) is 0 Å². The molecule has 0 aromatic heterocycles. The van der Waals surface area contributed by atoms with Crippen LogP contribution in [0.3, 0.4) is 0 Å². The first-order valence-corrected chi connectivity index (χ1v) is 10.9. The van der Waals surface area contributed by atoms with Crippen LogP contribution in [0, 0.1) is 0 Å². The Morgan fingerprint density at radius 1 is 1.03 bits per heavy atom. The van der Waals surface area contributed by atoms with Crippen molar-refractivity contribution in [2.45, 2.75) is 45.7 Å². The van der Waals surface area contributed by atoms with Crippen molar-refractivity contribution >= 4 is 35.0 Å². The van der Waals surface area contributed by atoms with Crippen LogP contribution in [-0.2, 0) is 16.1 Å². The number of carbonyl (C=O) groups excluding carboxylic acids is 2. The molecule has 0 saturated carbocycles. The molecule has 0 radical (unpaired) electrons. The molecule has 2 aromatic rings. The predicted octanol–water partition coefficient (Wildman–Crippen LogP) is 5.10. The van der Waals surface area contributed by atoms with Gasteiger partial charge in [-0.1, -0.05) is 67.7 Å². The van der Waals surface area contributed by atoms with Gasteiger partial charge in [0.15, 0.2) is 6.61 Å². The Bertz CT molecular complexity index is 810. The molecule has 1 atom stereocenters. The maximum absolute atomic E-state index is 13.1. The van der Waals surface area contributed by atoms with E-state index >= 15 is 0 Å². The molecule has 0 aliphatic carbocycles. The number of unbranched alkanes of at least 4 members (excludes halogenated alkanes) is 1. The molecule has 0 fully saturated rings. The molecule has 0 aliphatic heterocycles. The number of nitrogens with one attached hydrogen (secondary N) is 1. The van der Waals surface area contributed by atoms with E-state index in [4.69, 9.17) is 27.9 Å². The van der Waals surface area contributed by atoms with Gasteiger partial charge in [0.05, 0.1) is 0 Å². The summed E-state index contributed by atoms with van der Waals surface area (Å²) < 4.78 is 5.63. The minimum Gasteiger partial charge on any atom is -0.484 e. The van der Waals surface area contributed by atoms with Crippen molar-refractivity contribution in [3.63, 3.8) is 0 Å². The highest BCUT2D eigenvalue weighted by Gasteiger charge is 2.29. The van der Waals surface area contributed by atoms with Crippen LogP contribution >= 0.6 is 23.2 Å². The Balaban J connectivity index is 2.23. The second-order valence-electron chi connectivity index (χ2n) is 6.89. The highest BCUT2D eigenvalue weighted by molar-refractivity contribution is 6.36. The summed E-state index contributed by atoms with van der Waals surface area (Å²) in [5.74, 6) is 0.0801. The van der Waals surface area contributed by atoms with Gasteiger partial charge in [-0.3, -0.25) is 9.59 Å². The summed E-state index contributed by atoms with van der Waals surface area (Å²) in [6, 6.07) is 13.6. The molecule has 2 amide bonds. The third kappa shape index (κ3) is 6.92. The fourth-order valence-electron chi connectivity index (χ4n) is 3.02. The van der Waals surface area contributed by atoms with E-state index in [9.17, 15) is 9.59 Å². The Kier molecular flexibility index (Phi) is 9.98. The molecule has 7 heteroatoms. The number of hydrogen-bond donors (Lipinski definition) is 1. The van der Waals surface area contributed by atoms with E-state index in [1.165, 1.54) is 4.90 Å². The second kappa shape index (κ2) is 12.5. The van der Waals surface area contributed by atoms with Crippen LogP contribution in [0.25, 0.3) is 0 Å². The minimum atomic E-state index is -0.652. The van der Waals surface area contributed by atoms with E-state index in [1.807, 2.05) is 25.1 Å². The summed E-state index contributed by atoms with van der Waals surface area (Å²) in [6.07, 6.45) is 2.31. The van der Waals surface area contributed by atoms with Crippen molar-refractivity contribution in [3.8, 4) is 5.75 Å². The van der Waals surface area contributed by atoms with Crippen LogP contribution in [0.4, 0.5) is 0 Å². The molecular formula is C23H28Cl2N2O3. The average molecular weight is 451 g/mol. The molecule has 0 bridgehead atoms. The first-order valence-electron chi connectivity index (χ1n) is 10.2. The maximum Gasteiger partial charge on any atom is 0.261 e. The SMILES string of the molecule is CCCCNC(=O)C(CC)N(Cc1c(Cl)cccc1Cl)C(=O)COc1ccccc1. The molecule has 1 N–H and O–H groups in total. The maximum atomic E-state index is 13.1. The topological polar surface area (TPSA) is 58.6 Å². The van der Waals surface area contributed by atoms with Crippen LogP contribution in [0.5, 0.6) is 5.75 Å². The van der Waals surface area contributed by atoms with Crippen LogP contribution in [-0.4, -0.2) is 35.9 Å². The molecule has 0 spiro atoms. The van der Waals surface area contributed by atoms with Crippen molar-refractivity contribution in [3.05, 3.63) is 64.1 Å². The summed E-state index contributed by atoms with van der Waals surface area (Å²) in [5.41, 5.74) is 0.605. The zero-order chi connectivity index (χ0) is 21.9. The number of ether oxygens (including phenoxy) is 1. The normalized spacial score (nSPS) is 11.6. The van der Waals surface area contributed by atoms with E-state index < -0.39 is 6.04 Å². The van der Waals surface area contributed by atoms with Gasteiger partial charge < -0.3 is 15.0 Å². The zero-order valence-corrected chi connectivity index (χ0v) is 18.9. The summed E-state index contributed by atoms with van der Waals surface area (Å²) in [4.78, 5) is 27.4. The highest BCUT2D eigenvalue weighted by atomic mass is 35.5. The predicted molar refractivity (Wildman–Crippen MR) is 121 cm³/mol. The molecule has 0 heterocycles. The van der Waals surface area contributed by atoms with Crippen LogP contribution < -0.4 is 10.1 Å².